The van der Waals surface area contributed by atoms with E-state index in [0.717, 1.165) is 16.7 Å². The third-order valence-electron chi connectivity index (χ3n) is 6.47. The Morgan fingerprint density at radius 1 is 0.778 bits per heavy atom. The minimum Gasteiger partial charge on any atom is -0.368 e. The van der Waals surface area contributed by atoms with Gasteiger partial charge in [-0.15, -0.1) is 0 Å². The maximum Gasteiger partial charge on any atom is 0.184 e. The molecule has 2 heterocycles. The quantitative estimate of drug-likeness (QED) is 0.415. The van der Waals surface area contributed by atoms with Crippen molar-refractivity contribution in [1.29, 1.82) is 0 Å². The lowest BCUT2D eigenvalue weighted by Gasteiger charge is -2.49. The fraction of sp³-hybridized carbons (Fsp3) is 0.379. The number of benzene rings is 3. The Bertz CT molecular complexity index is 1100. The van der Waals surface area contributed by atoms with Crippen molar-refractivity contribution < 1.29 is 27.9 Å². The molecule has 36 heavy (non-hydrogen) atoms. The smallest absolute Gasteiger partial charge is 0.184 e. The Balaban J connectivity index is 1.43. The number of fused-ring (bicyclic) bond motifs is 1. The summed E-state index contributed by atoms with van der Waals surface area (Å²) < 4.78 is 45.0. The van der Waals surface area contributed by atoms with Crippen LogP contribution in [0.15, 0.2) is 91.0 Å². The topological polar surface area (TPSA) is 63.2 Å². The van der Waals surface area contributed by atoms with Crippen LogP contribution in [0.1, 0.15) is 29.9 Å². The van der Waals surface area contributed by atoms with Crippen LogP contribution in [0.2, 0.25) is 0 Å². The fourth-order valence-electron chi connectivity index (χ4n) is 4.60. The van der Waals surface area contributed by atoms with Crippen molar-refractivity contribution in [3.63, 3.8) is 0 Å². The molecule has 0 bridgehead atoms. The van der Waals surface area contributed by atoms with Gasteiger partial charge in [-0.1, -0.05) is 97.9 Å². The second-order valence-electron chi connectivity index (χ2n) is 8.91. The molecule has 0 saturated carbocycles. The summed E-state index contributed by atoms with van der Waals surface area (Å²) in [5.41, 5.74) is 2.35. The number of hydrogen-bond donors (Lipinski definition) is 0. The SMILES string of the molecule is CCS(=O)C1O[C@H]2COC(c3ccccc3)O[C@H]2C(OCc2ccccc2)[C@@H]1OCc1ccccc1. The van der Waals surface area contributed by atoms with E-state index in [1.165, 1.54) is 0 Å². The Kier molecular flexibility index (Phi) is 8.59. The third-order valence-corrected chi connectivity index (χ3v) is 7.94. The van der Waals surface area contributed by atoms with Crippen LogP contribution < -0.4 is 0 Å². The maximum atomic E-state index is 13.1. The lowest BCUT2D eigenvalue weighted by atomic mass is 9.98. The second-order valence-corrected chi connectivity index (χ2v) is 10.7. The molecule has 2 fully saturated rings. The molecule has 3 aromatic carbocycles. The lowest BCUT2D eigenvalue weighted by molar-refractivity contribution is -0.330. The molecule has 2 aliphatic rings. The van der Waals surface area contributed by atoms with E-state index in [1.807, 2.05) is 97.9 Å². The normalized spacial score (nSPS) is 28.8. The van der Waals surface area contributed by atoms with Gasteiger partial charge in [0.2, 0.25) is 0 Å². The predicted octanol–water partition coefficient (Wildman–Crippen LogP) is 4.76. The molecule has 190 valence electrons. The molecular formula is C29H32O6S. The number of rotatable bonds is 9. The fourth-order valence-corrected chi connectivity index (χ4v) is 5.73. The summed E-state index contributed by atoms with van der Waals surface area (Å²) in [6.07, 6.45) is -2.48. The molecule has 0 radical (unpaired) electrons. The van der Waals surface area contributed by atoms with Gasteiger partial charge >= 0.3 is 0 Å². The van der Waals surface area contributed by atoms with Crippen molar-refractivity contribution in [2.75, 3.05) is 12.4 Å². The molecule has 6 nitrogen and oxygen atoms in total. The summed E-state index contributed by atoms with van der Waals surface area (Å²) in [6, 6.07) is 29.8. The van der Waals surface area contributed by atoms with Gasteiger partial charge in [0.05, 0.1) is 30.6 Å². The van der Waals surface area contributed by atoms with E-state index in [1.54, 1.807) is 0 Å². The highest BCUT2D eigenvalue weighted by Crippen LogP contribution is 2.37. The van der Waals surface area contributed by atoms with Gasteiger partial charge in [0.25, 0.3) is 0 Å². The lowest BCUT2D eigenvalue weighted by Crippen LogP contribution is -2.64. The molecule has 2 saturated heterocycles. The van der Waals surface area contributed by atoms with Crippen LogP contribution >= 0.6 is 0 Å². The molecule has 7 heteroatoms. The van der Waals surface area contributed by atoms with Crippen molar-refractivity contribution in [2.24, 2.45) is 0 Å². The molecule has 0 spiro atoms. The summed E-state index contributed by atoms with van der Waals surface area (Å²) in [5.74, 6) is 0.451. The monoisotopic (exact) mass is 508 g/mol. The van der Waals surface area contributed by atoms with E-state index in [4.69, 9.17) is 23.7 Å². The highest BCUT2D eigenvalue weighted by molar-refractivity contribution is 7.85. The van der Waals surface area contributed by atoms with Crippen LogP contribution in [0, 0.1) is 0 Å². The highest BCUT2D eigenvalue weighted by atomic mass is 32.2. The maximum absolute atomic E-state index is 13.1. The molecule has 5 rings (SSSR count). The molecule has 0 aliphatic carbocycles. The first kappa shape index (κ1) is 25.3. The Hall–Kier alpha value is -2.39. The van der Waals surface area contributed by atoms with Crippen LogP contribution in [-0.4, -0.2) is 46.4 Å². The van der Waals surface area contributed by atoms with E-state index in [0.29, 0.717) is 25.6 Å². The van der Waals surface area contributed by atoms with E-state index in [-0.39, 0.29) is 0 Å². The summed E-state index contributed by atoms with van der Waals surface area (Å²) in [5, 5.41) is 0. The van der Waals surface area contributed by atoms with Gasteiger partial charge in [-0.25, -0.2) is 0 Å². The second kappa shape index (κ2) is 12.2. The zero-order valence-electron chi connectivity index (χ0n) is 20.3. The highest BCUT2D eigenvalue weighted by Gasteiger charge is 2.52. The van der Waals surface area contributed by atoms with Crippen molar-refractivity contribution in [1.82, 2.24) is 0 Å². The zero-order valence-corrected chi connectivity index (χ0v) is 21.1. The minimum atomic E-state index is -1.27. The van der Waals surface area contributed by atoms with Crippen molar-refractivity contribution >= 4 is 10.8 Å². The molecule has 4 unspecified atom stereocenters. The van der Waals surface area contributed by atoms with Crippen LogP contribution in [0.3, 0.4) is 0 Å². The Morgan fingerprint density at radius 3 is 1.92 bits per heavy atom. The van der Waals surface area contributed by atoms with Gasteiger partial charge in [-0.3, -0.25) is 4.21 Å². The summed E-state index contributed by atoms with van der Waals surface area (Å²) in [6.45, 7) is 2.94. The van der Waals surface area contributed by atoms with Gasteiger partial charge in [0, 0.05) is 11.3 Å². The molecule has 0 aromatic heterocycles. The average molecular weight is 509 g/mol. The van der Waals surface area contributed by atoms with Gasteiger partial charge in [0.1, 0.15) is 24.4 Å². The van der Waals surface area contributed by atoms with Crippen LogP contribution in [-0.2, 0) is 47.7 Å². The van der Waals surface area contributed by atoms with E-state index in [9.17, 15) is 4.21 Å². The largest absolute Gasteiger partial charge is 0.368 e. The first-order valence-electron chi connectivity index (χ1n) is 12.4. The van der Waals surface area contributed by atoms with Gasteiger partial charge in [-0.2, -0.15) is 0 Å². The van der Waals surface area contributed by atoms with Crippen LogP contribution in [0.25, 0.3) is 0 Å². The van der Waals surface area contributed by atoms with Gasteiger partial charge in [0.15, 0.2) is 11.7 Å². The molecular weight excluding hydrogens is 476 g/mol. The third kappa shape index (κ3) is 5.94. The van der Waals surface area contributed by atoms with Crippen LogP contribution in [0.5, 0.6) is 0 Å². The molecule has 2 aliphatic heterocycles. The average Bonchev–Trinajstić information content (AvgIpc) is 2.95. The Labute approximate surface area is 214 Å². The first-order chi connectivity index (χ1) is 17.7. The minimum absolute atomic E-state index is 0.318. The van der Waals surface area contributed by atoms with Gasteiger partial charge in [-0.05, 0) is 11.1 Å². The van der Waals surface area contributed by atoms with Gasteiger partial charge < -0.3 is 23.7 Å². The van der Waals surface area contributed by atoms with Crippen LogP contribution in [0.4, 0.5) is 0 Å². The van der Waals surface area contributed by atoms with Crippen molar-refractivity contribution in [3.05, 3.63) is 108 Å². The number of ether oxygens (including phenoxy) is 5. The Morgan fingerprint density at radius 2 is 1.33 bits per heavy atom. The summed E-state index contributed by atoms with van der Waals surface area (Å²) >= 11 is 0. The molecule has 7 atom stereocenters. The zero-order chi connectivity index (χ0) is 24.7. The molecule has 0 N–H and O–H groups in total. The van der Waals surface area contributed by atoms with Crippen molar-refractivity contribution in [3.8, 4) is 0 Å². The van der Waals surface area contributed by atoms with E-state index < -0.39 is 46.9 Å². The molecule has 0 amide bonds. The summed E-state index contributed by atoms with van der Waals surface area (Å²) in [7, 11) is -1.27. The van der Waals surface area contributed by atoms with E-state index >= 15 is 0 Å². The first-order valence-corrected chi connectivity index (χ1v) is 13.8. The predicted molar refractivity (Wildman–Crippen MR) is 137 cm³/mol. The molecule has 3 aromatic rings. The van der Waals surface area contributed by atoms with Crippen molar-refractivity contribution in [2.45, 2.75) is 56.3 Å². The summed E-state index contributed by atoms with van der Waals surface area (Å²) in [4.78, 5) is 0. The standard InChI is InChI=1S/C29H32O6S/c1-2-36(30)29-27(32-19-22-14-8-4-9-15-22)26(31-18-21-12-6-3-7-13-21)25-24(34-29)20-33-28(35-25)23-16-10-5-11-17-23/h3-17,24-29H,2,18-20H2,1H3/t24-,25+,26?,27-,28?,29?,36?/m0/s1. The number of hydrogen-bond acceptors (Lipinski definition) is 6. The van der Waals surface area contributed by atoms with E-state index in [2.05, 4.69) is 0 Å².